The first-order valence-electron chi connectivity index (χ1n) is 9.67. The monoisotopic (exact) mass is 367 g/mol. The van der Waals surface area contributed by atoms with Gasteiger partial charge in [0.1, 0.15) is 0 Å². The number of hydrogen-bond donors (Lipinski definition) is 0. The van der Waals surface area contributed by atoms with Gasteiger partial charge in [-0.1, -0.05) is 48.5 Å². The molecular weight excluding hydrogens is 346 g/mol. The first kappa shape index (κ1) is 16.8. The van der Waals surface area contributed by atoms with Crippen molar-refractivity contribution in [1.82, 2.24) is 9.78 Å². The third kappa shape index (κ3) is 3.07. The average molecular weight is 367 g/mol. The van der Waals surface area contributed by atoms with Gasteiger partial charge in [-0.05, 0) is 47.4 Å². The van der Waals surface area contributed by atoms with Gasteiger partial charge in [-0.15, -0.1) is 0 Å². The third-order valence-electron chi connectivity index (χ3n) is 5.43. The Morgan fingerprint density at radius 1 is 0.857 bits per heavy atom. The van der Waals surface area contributed by atoms with Crippen molar-refractivity contribution in [3.8, 4) is 11.1 Å². The van der Waals surface area contributed by atoms with Gasteiger partial charge < -0.3 is 4.90 Å². The summed E-state index contributed by atoms with van der Waals surface area (Å²) in [4.78, 5) is 15.2. The van der Waals surface area contributed by atoms with Crippen molar-refractivity contribution in [2.45, 2.75) is 13.0 Å². The Kier molecular flexibility index (Phi) is 4.17. The molecule has 0 spiro atoms. The van der Waals surface area contributed by atoms with E-state index >= 15 is 0 Å². The second-order valence-electron chi connectivity index (χ2n) is 7.29. The molecule has 1 fully saturated rings. The van der Waals surface area contributed by atoms with Crippen molar-refractivity contribution in [2.75, 3.05) is 18.0 Å². The molecule has 5 rings (SSSR count). The Hall–Kier alpha value is -3.40. The van der Waals surface area contributed by atoms with Gasteiger partial charge in [0, 0.05) is 24.2 Å². The zero-order chi connectivity index (χ0) is 18.9. The van der Waals surface area contributed by atoms with Gasteiger partial charge in [0.2, 0.25) is 0 Å². The molecule has 0 saturated carbocycles. The van der Waals surface area contributed by atoms with Crippen LogP contribution in [0.3, 0.4) is 0 Å². The van der Waals surface area contributed by atoms with Crippen LogP contribution >= 0.6 is 0 Å². The van der Waals surface area contributed by atoms with Crippen LogP contribution in [0.4, 0.5) is 5.69 Å². The molecule has 0 N–H and O–H groups in total. The zero-order valence-corrected chi connectivity index (χ0v) is 15.6. The van der Waals surface area contributed by atoms with Gasteiger partial charge in [-0.3, -0.25) is 4.79 Å². The molecule has 2 heterocycles. The summed E-state index contributed by atoms with van der Waals surface area (Å²) >= 11 is 0. The molecule has 3 aromatic carbocycles. The van der Waals surface area contributed by atoms with E-state index in [0.717, 1.165) is 29.6 Å². The van der Waals surface area contributed by atoms with Crippen molar-refractivity contribution in [3.05, 3.63) is 94.9 Å². The summed E-state index contributed by atoms with van der Waals surface area (Å²) in [6.07, 6.45) is 3.06. The van der Waals surface area contributed by atoms with Crippen LogP contribution in [0.15, 0.2) is 83.8 Å². The molecule has 4 aromatic rings. The minimum atomic E-state index is -0.0535. The van der Waals surface area contributed by atoms with Crippen molar-refractivity contribution in [1.29, 1.82) is 0 Å². The fourth-order valence-electron chi connectivity index (χ4n) is 3.69. The molecule has 0 radical (unpaired) electrons. The Balaban J connectivity index is 1.50. The lowest BCUT2D eigenvalue weighted by molar-refractivity contribution is 0.618. The quantitative estimate of drug-likeness (QED) is 0.539. The molecule has 0 unspecified atom stereocenters. The fourth-order valence-corrected chi connectivity index (χ4v) is 3.69. The summed E-state index contributed by atoms with van der Waals surface area (Å²) in [5.41, 5.74) is 4.55. The van der Waals surface area contributed by atoms with Crippen LogP contribution in [0.5, 0.6) is 0 Å². The summed E-state index contributed by atoms with van der Waals surface area (Å²) in [6, 6.07) is 24.6. The van der Waals surface area contributed by atoms with Crippen LogP contribution in [0.2, 0.25) is 0 Å². The summed E-state index contributed by atoms with van der Waals surface area (Å²) in [7, 11) is 0. The van der Waals surface area contributed by atoms with E-state index in [1.807, 2.05) is 42.5 Å². The van der Waals surface area contributed by atoms with Crippen LogP contribution in [0, 0.1) is 0 Å². The maximum absolute atomic E-state index is 12.9. The maximum Gasteiger partial charge on any atom is 0.274 e. The van der Waals surface area contributed by atoms with E-state index in [0.29, 0.717) is 11.9 Å². The van der Waals surface area contributed by atoms with Gasteiger partial charge in [0.05, 0.1) is 18.1 Å². The minimum absolute atomic E-state index is 0.0535. The molecular formula is C24H21N3O. The normalized spacial score (nSPS) is 13.5. The lowest BCUT2D eigenvalue weighted by Crippen LogP contribution is -2.36. The Bertz CT molecular complexity index is 1190. The van der Waals surface area contributed by atoms with Gasteiger partial charge in [0.25, 0.3) is 5.56 Å². The largest absolute Gasteiger partial charge is 0.371 e. The van der Waals surface area contributed by atoms with E-state index in [2.05, 4.69) is 40.3 Å². The van der Waals surface area contributed by atoms with Crippen LogP contribution < -0.4 is 10.5 Å². The van der Waals surface area contributed by atoms with Gasteiger partial charge in [-0.2, -0.15) is 5.10 Å². The second-order valence-corrected chi connectivity index (χ2v) is 7.29. The predicted molar refractivity (Wildman–Crippen MR) is 114 cm³/mol. The number of nitrogens with zero attached hydrogens (tertiary/aromatic N) is 3. The lowest BCUT2D eigenvalue weighted by atomic mass is 10.0. The zero-order valence-electron chi connectivity index (χ0n) is 15.6. The predicted octanol–water partition coefficient (Wildman–Crippen LogP) is 4.32. The van der Waals surface area contributed by atoms with Gasteiger partial charge in [-0.25, -0.2) is 4.68 Å². The maximum atomic E-state index is 12.9. The van der Waals surface area contributed by atoms with Gasteiger partial charge >= 0.3 is 0 Å². The highest BCUT2D eigenvalue weighted by Crippen LogP contribution is 2.28. The molecule has 0 atom stereocenters. The number of rotatable bonds is 4. The van der Waals surface area contributed by atoms with Crippen LogP contribution in [0.25, 0.3) is 21.9 Å². The number of fused-ring (bicyclic) bond motifs is 1. The van der Waals surface area contributed by atoms with E-state index in [1.165, 1.54) is 22.4 Å². The SMILES string of the molecule is O=c1c2ccc(-c3cccc(N4CCC4)c3)cc2cnn1Cc1ccccc1. The number of aromatic nitrogens is 2. The highest BCUT2D eigenvalue weighted by atomic mass is 16.1. The fraction of sp³-hybridized carbons (Fsp3) is 0.167. The van der Waals surface area contributed by atoms with E-state index in [4.69, 9.17) is 0 Å². The summed E-state index contributed by atoms with van der Waals surface area (Å²) < 4.78 is 1.53. The average Bonchev–Trinajstić information content (AvgIpc) is 2.70. The molecule has 1 aliphatic rings. The summed E-state index contributed by atoms with van der Waals surface area (Å²) in [5, 5.41) is 5.98. The third-order valence-corrected chi connectivity index (χ3v) is 5.43. The smallest absolute Gasteiger partial charge is 0.274 e. The van der Waals surface area contributed by atoms with Crippen LogP contribution in [0.1, 0.15) is 12.0 Å². The topological polar surface area (TPSA) is 38.1 Å². The molecule has 1 aliphatic heterocycles. The molecule has 138 valence electrons. The van der Waals surface area contributed by atoms with Crippen molar-refractivity contribution in [3.63, 3.8) is 0 Å². The van der Waals surface area contributed by atoms with E-state index in [9.17, 15) is 4.79 Å². The first-order valence-corrected chi connectivity index (χ1v) is 9.67. The number of anilines is 1. The first-order chi connectivity index (χ1) is 13.8. The molecule has 0 aliphatic carbocycles. The Morgan fingerprint density at radius 2 is 1.68 bits per heavy atom. The molecule has 28 heavy (non-hydrogen) atoms. The molecule has 4 nitrogen and oxygen atoms in total. The second kappa shape index (κ2) is 6.97. The van der Waals surface area contributed by atoms with E-state index in [-0.39, 0.29) is 5.56 Å². The highest BCUT2D eigenvalue weighted by Gasteiger charge is 2.15. The number of hydrogen-bond acceptors (Lipinski definition) is 3. The summed E-state index contributed by atoms with van der Waals surface area (Å²) in [5.74, 6) is 0. The highest BCUT2D eigenvalue weighted by molar-refractivity contribution is 5.86. The van der Waals surface area contributed by atoms with Crippen LogP contribution in [-0.2, 0) is 6.54 Å². The lowest BCUT2D eigenvalue weighted by Gasteiger charge is -2.33. The van der Waals surface area contributed by atoms with E-state index < -0.39 is 0 Å². The molecule has 1 saturated heterocycles. The van der Waals surface area contributed by atoms with E-state index in [1.54, 1.807) is 6.20 Å². The van der Waals surface area contributed by atoms with Gasteiger partial charge in [0.15, 0.2) is 0 Å². The minimum Gasteiger partial charge on any atom is -0.371 e. The van der Waals surface area contributed by atoms with Crippen LogP contribution in [-0.4, -0.2) is 22.9 Å². The molecule has 4 heteroatoms. The molecule has 0 amide bonds. The standard InChI is InChI=1S/C24H21N3O/c28-24-23-11-10-20(19-8-4-9-22(15-19)26-12-5-13-26)14-21(23)16-25-27(24)17-18-6-2-1-3-7-18/h1-4,6-11,14-16H,5,12-13,17H2. The Labute approximate surface area is 163 Å². The Morgan fingerprint density at radius 3 is 2.46 bits per heavy atom. The number of benzene rings is 3. The molecule has 0 bridgehead atoms. The van der Waals surface area contributed by atoms with Crippen molar-refractivity contribution >= 4 is 16.5 Å². The van der Waals surface area contributed by atoms with Crippen molar-refractivity contribution in [2.24, 2.45) is 0 Å². The molecule has 1 aromatic heterocycles. The summed E-state index contributed by atoms with van der Waals surface area (Å²) in [6.45, 7) is 2.74. The van der Waals surface area contributed by atoms with Crippen molar-refractivity contribution < 1.29 is 0 Å².